The third-order valence-electron chi connectivity index (χ3n) is 3.68. The first-order valence-corrected chi connectivity index (χ1v) is 9.49. The summed E-state index contributed by atoms with van der Waals surface area (Å²) in [6.07, 6.45) is 2.20. The first-order chi connectivity index (χ1) is 8.22. The Morgan fingerprint density at radius 3 is 2.22 bits per heavy atom. The third-order valence-corrected chi connectivity index (χ3v) is 8.16. The lowest BCUT2D eigenvalue weighted by Crippen LogP contribution is -2.41. The fourth-order valence-corrected chi connectivity index (χ4v) is 2.41. The van der Waals surface area contributed by atoms with Gasteiger partial charge >= 0.3 is 0 Å². The SMILES string of the molecule is C/C(=C\c1ccccc1)CO[Si](C)(C)C(C)(C)C. The highest BCUT2D eigenvalue weighted by Gasteiger charge is 2.36. The van der Waals surface area contributed by atoms with Crippen LogP contribution in [0.3, 0.4) is 0 Å². The quantitative estimate of drug-likeness (QED) is 0.685. The lowest BCUT2D eigenvalue weighted by molar-refractivity contribution is 0.319. The Morgan fingerprint density at radius 2 is 1.72 bits per heavy atom. The number of benzene rings is 1. The van der Waals surface area contributed by atoms with Crippen molar-refractivity contribution in [3.8, 4) is 0 Å². The zero-order valence-electron chi connectivity index (χ0n) is 12.6. The fraction of sp³-hybridized carbons (Fsp3) is 0.500. The van der Waals surface area contributed by atoms with Crippen molar-refractivity contribution in [2.45, 2.75) is 45.8 Å². The largest absolute Gasteiger partial charge is 0.413 e. The van der Waals surface area contributed by atoms with E-state index in [9.17, 15) is 0 Å². The second kappa shape index (κ2) is 5.85. The molecule has 0 heterocycles. The maximum absolute atomic E-state index is 6.20. The molecule has 18 heavy (non-hydrogen) atoms. The lowest BCUT2D eigenvalue weighted by Gasteiger charge is -2.36. The summed E-state index contributed by atoms with van der Waals surface area (Å²) in [6, 6.07) is 10.4. The first kappa shape index (κ1) is 15.2. The van der Waals surface area contributed by atoms with E-state index in [4.69, 9.17) is 4.43 Å². The summed E-state index contributed by atoms with van der Waals surface area (Å²) in [4.78, 5) is 0. The van der Waals surface area contributed by atoms with Crippen molar-refractivity contribution in [2.75, 3.05) is 6.61 Å². The second-order valence-corrected chi connectivity index (χ2v) is 11.3. The Balaban J connectivity index is 2.62. The van der Waals surface area contributed by atoms with Gasteiger partial charge in [-0.05, 0) is 36.2 Å². The standard InChI is InChI=1S/C16H26OSi/c1-14(12-15-10-8-7-9-11-15)13-17-18(5,6)16(2,3)4/h7-12H,13H2,1-6H3/b14-12+. The minimum Gasteiger partial charge on any atom is -0.413 e. The van der Waals surface area contributed by atoms with Crippen LogP contribution in [0.1, 0.15) is 33.3 Å². The molecule has 0 saturated carbocycles. The maximum atomic E-state index is 6.20. The van der Waals surface area contributed by atoms with Gasteiger partial charge in [-0.2, -0.15) is 0 Å². The molecule has 0 aliphatic heterocycles. The molecule has 1 rings (SSSR count). The van der Waals surface area contributed by atoms with Crippen LogP contribution in [0.25, 0.3) is 6.08 Å². The normalized spacial score (nSPS) is 13.8. The minimum atomic E-state index is -1.63. The van der Waals surface area contributed by atoms with Gasteiger partial charge in [-0.1, -0.05) is 57.2 Å². The van der Waals surface area contributed by atoms with Crippen LogP contribution in [0.15, 0.2) is 35.9 Å². The van der Waals surface area contributed by atoms with E-state index >= 15 is 0 Å². The maximum Gasteiger partial charge on any atom is 0.192 e. The molecule has 1 nitrogen and oxygen atoms in total. The van der Waals surface area contributed by atoms with E-state index < -0.39 is 8.32 Å². The zero-order valence-corrected chi connectivity index (χ0v) is 13.6. The average Bonchev–Trinajstić information content (AvgIpc) is 2.26. The van der Waals surface area contributed by atoms with Gasteiger partial charge < -0.3 is 4.43 Å². The summed E-state index contributed by atoms with van der Waals surface area (Å²) in [5.74, 6) is 0. The van der Waals surface area contributed by atoms with Gasteiger partial charge in [0.05, 0.1) is 6.61 Å². The summed E-state index contributed by atoms with van der Waals surface area (Å²) < 4.78 is 6.20. The van der Waals surface area contributed by atoms with Gasteiger partial charge in [0.2, 0.25) is 0 Å². The predicted molar refractivity (Wildman–Crippen MR) is 83.2 cm³/mol. The van der Waals surface area contributed by atoms with E-state index in [1.54, 1.807) is 0 Å². The highest BCUT2D eigenvalue weighted by molar-refractivity contribution is 6.74. The molecule has 1 aromatic rings. The molecule has 1 aromatic carbocycles. The molecule has 0 saturated heterocycles. The van der Waals surface area contributed by atoms with Crippen molar-refractivity contribution in [1.29, 1.82) is 0 Å². The molecule has 0 bridgehead atoms. The van der Waals surface area contributed by atoms with E-state index in [2.05, 4.69) is 71.1 Å². The monoisotopic (exact) mass is 262 g/mol. The van der Waals surface area contributed by atoms with Crippen LogP contribution < -0.4 is 0 Å². The molecule has 0 unspecified atom stereocenters. The molecule has 0 amide bonds. The average molecular weight is 262 g/mol. The molecular formula is C16H26OSi. The first-order valence-electron chi connectivity index (χ1n) is 6.58. The smallest absolute Gasteiger partial charge is 0.192 e. The van der Waals surface area contributed by atoms with Crippen LogP contribution in [0, 0.1) is 0 Å². The Hall–Kier alpha value is -0.863. The summed E-state index contributed by atoms with van der Waals surface area (Å²) in [5, 5.41) is 0.278. The van der Waals surface area contributed by atoms with E-state index in [1.807, 2.05) is 6.07 Å². The Morgan fingerprint density at radius 1 is 1.17 bits per heavy atom. The summed E-state index contributed by atoms with van der Waals surface area (Å²) >= 11 is 0. The van der Waals surface area contributed by atoms with Crippen molar-refractivity contribution >= 4 is 14.4 Å². The molecule has 0 spiro atoms. The summed E-state index contributed by atoms with van der Waals surface area (Å²) in [7, 11) is -1.63. The zero-order chi connectivity index (χ0) is 13.8. The van der Waals surface area contributed by atoms with Crippen LogP contribution in [-0.4, -0.2) is 14.9 Å². The minimum absolute atomic E-state index is 0.278. The molecule has 0 fully saturated rings. The molecular weight excluding hydrogens is 236 g/mol. The van der Waals surface area contributed by atoms with Crippen molar-refractivity contribution < 1.29 is 4.43 Å². The number of rotatable bonds is 4. The summed E-state index contributed by atoms with van der Waals surface area (Å²) in [6.45, 7) is 14.3. The van der Waals surface area contributed by atoms with Gasteiger partial charge in [-0.25, -0.2) is 0 Å². The molecule has 0 aromatic heterocycles. The van der Waals surface area contributed by atoms with Gasteiger partial charge in [0.1, 0.15) is 0 Å². The fourth-order valence-electron chi connectivity index (χ4n) is 1.39. The van der Waals surface area contributed by atoms with Gasteiger partial charge in [0.15, 0.2) is 8.32 Å². The van der Waals surface area contributed by atoms with Crippen molar-refractivity contribution in [3.63, 3.8) is 0 Å². The summed E-state index contributed by atoms with van der Waals surface area (Å²) in [5.41, 5.74) is 2.53. The number of hydrogen-bond donors (Lipinski definition) is 0. The molecule has 0 aliphatic carbocycles. The van der Waals surface area contributed by atoms with E-state index in [1.165, 1.54) is 11.1 Å². The highest BCUT2D eigenvalue weighted by atomic mass is 28.4. The van der Waals surface area contributed by atoms with Gasteiger partial charge in [0, 0.05) is 0 Å². The lowest BCUT2D eigenvalue weighted by atomic mass is 10.1. The Kier molecular flexibility index (Phi) is 4.94. The van der Waals surface area contributed by atoms with Gasteiger partial charge in [-0.15, -0.1) is 0 Å². The van der Waals surface area contributed by atoms with Crippen LogP contribution in [0.4, 0.5) is 0 Å². The highest BCUT2D eigenvalue weighted by Crippen LogP contribution is 2.36. The van der Waals surface area contributed by atoms with Crippen LogP contribution >= 0.6 is 0 Å². The van der Waals surface area contributed by atoms with Gasteiger partial charge in [-0.3, -0.25) is 0 Å². The topological polar surface area (TPSA) is 9.23 Å². The van der Waals surface area contributed by atoms with Crippen molar-refractivity contribution in [2.24, 2.45) is 0 Å². The Labute approximate surface area is 113 Å². The van der Waals surface area contributed by atoms with E-state index in [0.717, 1.165) is 6.61 Å². The molecule has 0 N–H and O–H groups in total. The van der Waals surface area contributed by atoms with Crippen LogP contribution in [0.5, 0.6) is 0 Å². The molecule has 0 radical (unpaired) electrons. The van der Waals surface area contributed by atoms with Crippen molar-refractivity contribution in [3.05, 3.63) is 41.5 Å². The van der Waals surface area contributed by atoms with Crippen LogP contribution in [0.2, 0.25) is 18.1 Å². The second-order valence-electron chi connectivity index (χ2n) is 6.45. The molecule has 0 aliphatic rings. The van der Waals surface area contributed by atoms with E-state index in [0.29, 0.717) is 0 Å². The Bertz CT molecular complexity index is 399. The van der Waals surface area contributed by atoms with Gasteiger partial charge in [0.25, 0.3) is 0 Å². The number of hydrogen-bond acceptors (Lipinski definition) is 1. The molecule has 0 atom stereocenters. The predicted octanol–water partition coefficient (Wildman–Crippen LogP) is 5.11. The van der Waals surface area contributed by atoms with E-state index in [-0.39, 0.29) is 5.04 Å². The molecule has 100 valence electrons. The molecule has 2 heteroatoms. The van der Waals surface area contributed by atoms with Crippen molar-refractivity contribution in [1.82, 2.24) is 0 Å². The van der Waals surface area contributed by atoms with Crippen LogP contribution in [-0.2, 0) is 4.43 Å². The third kappa shape index (κ3) is 4.43.